The van der Waals surface area contributed by atoms with E-state index in [0.717, 1.165) is 29.7 Å². The number of H-pyrrole nitrogens is 1. The highest BCUT2D eigenvalue weighted by molar-refractivity contribution is 5.77. The Morgan fingerprint density at radius 3 is 2.76 bits per heavy atom. The first-order chi connectivity index (χ1) is 10.2. The molecule has 5 heteroatoms. The predicted molar refractivity (Wildman–Crippen MR) is 82.4 cm³/mol. The van der Waals surface area contributed by atoms with Crippen LogP contribution < -0.4 is 5.56 Å². The minimum atomic E-state index is -0.100. The summed E-state index contributed by atoms with van der Waals surface area (Å²) in [5.41, 5.74) is 2.84. The topological polar surface area (TPSA) is 63.6 Å². The van der Waals surface area contributed by atoms with Gasteiger partial charge in [-0.1, -0.05) is 26.0 Å². The highest BCUT2D eigenvalue weighted by atomic mass is 16.1. The van der Waals surface area contributed by atoms with Gasteiger partial charge in [0, 0.05) is 5.69 Å². The number of aromatic amines is 1. The first kappa shape index (κ1) is 13.5. The van der Waals surface area contributed by atoms with Crippen LogP contribution in [0.15, 0.2) is 35.1 Å². The third kappa shape index (κ3) is 2.59. The molecule has 3 aromatic rings. The molecule has 2 aromatic heterocycles. The molecule has 0 unspecified atom stereocenters. The number of hydrogen-bond donors (Lipinski definition) is 1. The number of fused-ring (bicyclic) bond motifs is 1. The van der Waals surface area contributed by atoms with E-state index < -0.39 is 0 Å². The molecule has 2 heterocycles. The number of benzene rings is 1. The van der Waals surface area contributed by atoms with Gasteiger partial charge in [0.25, 0.3) is 5.56 Å². The van der Waals surface area contributed by atoms with Gasteiger partial charge in [-0.05, 0) is 31.0 Å². The summed E-state index contributed by atoms with van der Waals surface area (Å²) < 4.78 is 1.92. The molecule has 0 fully saturated rings. The lowest BCUT2D eigenvalue weighted by molar-refractivity contribution is 0.617. The van der Waals surface area contributed by atoms with Gasteiger partial charge < -0.3 is 4.98 Å². The zero-order valence-corrected chi connectivity index (χ0v) is 12.3. The standard InChI is InChI=1S/C16H18N4O/c1-3-11-9-12(4-2)20(19-11)10-15-17-14-8-6-5-7-13(14)16(21)18-15/h5-9H,3-4,10H2,1-2H3,(H,17,18,21). The average Bonchev–Trinajstić information content (AvgIpc) is 2.89. The molecule has 0 aliphatic heterocycles. The summed E-state index contributed by atoms with van der Waals surface area (Å²) in [4.78, 5) is 19.5. The van der Waals surface area contributed by atoms with E-state index in [9.17, 15) is 4.79 Å². The third-order valence-electron chi connectivity index (χ3n) is 3.60. The highest BCUT2D eigenvalue weighted by Gasteiger charge is 2.08. The Bertz CT molecular complexity index is 832. The SMILES string of the molecule is CCc1cc(CC)n(Cc2nc3ccccc3c(=O)[nH]2)n1. The van der Waals surface area contributed by atoms with Crippen molar-refractivity contribution in [2.45, 2.75) is 33.2 Å². The van der Waals surface area contributed by atoms with Gasteiger partial charge in [-0.2, -0.15) is 5.10 Å². The van der Waals surface area contributed by atoms with Gasteiger partial charge in [0.1, 0.15) is 5.82 Å². The van der Waals surface area contributed by atoms with Crippen LogP contribution in [0.5, 0.6) is 0 Å². The Balaban J connectivity index is 2.02. The molecule has 0 saturated carbocycles. The van der Waals surface area contributed by atoms with E-state index >= 15 is 0 Å². The maximum absolute atomic E-state index is 12.1. The lowest BCUT2D eigenvalue weighted by atomic mass is 10.2. The van der Waals surface area contributed by atoms with Crippen LogP contribution in [0.4, 0.5) is 0 Å². The maximum Gasteiger partial charge on any atom is 0.258 e. The second-order valence-corrected chi connectivity index (χ2v) is 5.02. The molecule has 0 aliphatic carbocycles. The lowest BCUT2D eigenvalue weighted by Gasteiger charge is -2.06. The third-order valence-corrected chi connectivity index (χ3v) is 3.60. The van der Waals surface area contributed by atoms with Crippen molar-refractivity contribution in [3.05, 3.63) is 57.9 Å². The summed E-state index contributed by atoms with van der Waals surface area (Å²) in [6.07, 6.45) is 1.81. The van der Waals surface area contributed by atoms with E-state index in [-0.39, 0.29) is 5.56 Å². The minimum absolute atomic E-state index is 0.100. The molecule has 0 saturated heterocycles. The number of para-hydroxylation sites is 1. The molecule has 0 aliphatic rings. The van der Waals surface area contributed by atoms with E-state index in [1.54, 1.807) is 6.07 Å². The van der Waals surface area contributed by atoms with Crippen molar-refractivity contribution < 1.29 is 0 Å². The Morgan fingerprint density at radius 2 is 2.00 bits per heavy atom. The largest absolute Gasteiger partial charge is 0.308 e. The van der Waals surface area contributed by atoms with Crippen molar-refractivity contribution in [2.24, 2.45) is 0 Å². The number of aryl methyl sites for hydroxylation is 2. The second kappa shape index (κ2) is 5.52. The van der Waals surface area contributed by atoms with Gasteiger partial charge in [-0.3, -0.25) is 9.48 Å². The number of hydrogen-bond acceptors (Lipinski definition) is 3. The average molecular weight is 282 g/mol. The Hall–Kier alpha value is -2.43. The van der Waals surface area contributed by atoms with E-state index in [4.69, 9.17) is 0 Å². The van der Waals surface area contributed by atoms with Crippen LogP contribution in [0.25, 0.3) is 10.9 Å². The Labute approximate surface area is 122 Å². The summed E-state index contributed by atoms with van der Waals surface area (Å²) in [6, 6.07) is 9.48. The number of nitrogens with one attached hydrogen (secondary N) is 1. The molecule has 0 bridgehead atoms. The molecule has 1 N–H and O–H groups in total. The van der Waals surface area contributed by atoms with Crippen LogP contribution in [0.2, 0.25) is 0 Å². The summed E-state index contributed by atoms with van der Waals surface area (Å²) in [5.74, 6) is 0.638. The van der Waals surface area contributed by atoms with E-state index in [0.29, 0.717) is 17.8 Å². The number of aromatic nitrogens is 4. The lowest BCUT2D eigenvalue weighted by Crippen LogP contribution is -2.16. The van der Waals surface area contributed by atoms with Crippen LogP contribution >= 0.6 is 0 Å². The first-order valence-corrected chi connectivity index (χ1v) is 7.24. The van der Waals surface area contributed by atoms with Gasteiger partial charge in [0.2, 0.25) is 0 Å². The van der Waals surface area contributed by atoms with Gasteiger partial charge in [0.05, 0.1) is 23.1 Å². The number of nitrogens with zero attached hydrogens (tertiary/aromatic N) is 3. The molecule has 5 nitrogen and oxygen atoms in total. The molecular weight excluding hydrogens is 264 g/mol. The Kier molecular flexibility index (Phi) is 3.56. The fraction of sp³-hybridized carbons (Fsp3) is 0.312. The first-order valence-electron chi connectivity index (χ1n) is 7.24. The van der Waals surface area contributed by atoms with Crippen molar-refractivity contribution in [3.8, 4) is 0 Å². The quantitative estimate of drug-likeness (QED) is 0.798. The summed E-state index contributed by atoms with van der Waals surface area (Å²) in [5, 5.41) is 5.18. The van der Waals surface area contributed by atoms with Crippen LogP contribution in [0.1, 0.15) is 31.1 Å². The van der Waals surface area contributed by atoms with Crippen molar-refractivity contribution in [2.75, 3.05) is 0 Å². The summed E-state index contributed by atoms with van der Waals surface area (Å²) in [7, 11) is 0. The monoisotopic (exact) mass is 282 g/mol. The van der Waals surface area contributed by atoms with Gasteiger partial charge in [0.15, 0.2) is 0 Å². The fourth-order valence-electron chi connectivity index (χ4n) is 2.46. The molecule has 3 rings (SSSR count). The normalized spacial score (nSPS) is 11.1. The van der Waals surface area contributed by atoms with E-state index in [1.165, 1.54) is 0 Å². The van der Waals surface area contributed by atoms with Crippen molar-refractivity contribution in [3.63, 3.8) is 0 Å². The van der Waals surface area contributed by atoms with Gasteiger partial charge in [-0.25, -0.2) is 4.98 Å². The van der Waals surface area contributed by atoms with Crippen LogP contribution in [0, 0.1) is 0 Å². The van der Waals surface area contributed by atoms with E-state index in [2.05, 4.69) is 35.0 Å². The smallest absolute Gasteiger partial charge is 0.258 e. The molecule has 0 spiro atoms. The molecule has 1 aromatic carbocycles. The van der Waals surface area contributed by atoms with Crippen LogP contribution in [0.3, 0.4) is 0 Å². The molecule has 0 amide bonds. The van der Waals surface area contributed by atoms with Crippen molar-refractivity contribution in [1.82, 2.24) is 19.7 Å². The van der Waals surface area contributed by atoms with Crippen LogP contribution in [-0.2, 0) is 19.4 Å². The molecular formula is C16H18N4O. The zero-order chi connectivity index (χ0) is 14.8. The molecule has 0 atom stereocenters. The van der Waals surface area contributed by atoms with Crippen molar-refractivity contribution >= 4 is 10.9 Å². The minimum Gasteiger partial charge on any atom is -0.308 e. The van der Waals surface area contributed by atoms with E-state index in [1.807, 2.05) is 22.9 Å². The molecule has 21 heavy (non-hydrogen) atoms. The second-order valence-electron chi connectivity index (χ2n) is 5.02. The van der Waals surface area contributed by atoms with Gasteiger partial charge >= 0.3 is 0 Å². The summed E-state index contributed by atoms with van der Waals surface area (Å²) in [6.45, 7) is 4.68. The number of rotatable bonds is 4. The zero-order valence-electron chi connectivity index (χ0n) is 12.3. The molecule has 108 valence electrons. The Morgan fingerprint density at radius 1 is 1.19 bits per heavy atom. The predicted octanol–water partition coefficient (Wildman–Crippen LogP) is 2.29. The molecule has 0 radical (unpaired) electrons. The fourth-order valence-corrected chi connectivity index (χ4v) is 2.46. The highest BCUT2D eigenvalue weighted by Crippen LogP contribution is 2.10. The maximum atomic E-state index is 12.1. The van der Waals surface area contributed by atoms with Gasteiger partial charge in [-0.15, -0.1) is 0 Å². The van der Waals surface area contributed by atoms with Crippen LogP contribution in [-0.4, -0.2) is 19.7 Å². The summed E-state index contributed by atoms with van der Waals surface area (Å²) >= 11 is 0. The van der Waals surface area contributed by atoms with Crippen molar-refractivity contribution in [1.29, 1.82) is 0 Å².